The minimum Gasteiger partial charge on any atom is -0.343 e. The summed E-state index contributed by atoms with van der Waals surface area (Å²) in [6.07, 6.45) is 0. The molecule has 0 radical (unpaired) electrons. The number of nitrogens with one attached hydrogen (secondary N) is 1. The van der Waals surface area contributed by atoms with Crippen molar-refractivity contribution in [2.45, 2.75) is 13.8 Å². The Labute approximate surface area is 167 Å². The van der Waals surface area contributed by atoms with Gasteiger partial charge in [0.15, 0.2) is 0 Å². The summed E-state index contributed by atoms with van der Waals surface area (Å²) in [4.78, 5) is 7.14. The summed E-state index contributed by atoms with van der Waals surface area (Å²) in [6.45, 7) is 6.00. The Bertz CT molecular complexity index is 963. The van der Waals surface area contributed by atoms with E-state index >= 15 is 0 Å². The molecule has 0 aliphatic carbocycles. The van der Waals surface area contributed by atoms with Crippen molar-refractivity contribution in [1.29, 1.82) is 0 Å². The summed E-state index contributed by atoms with van der Waals surface area (Å²) in [5, 5.41) is 3.46. The fraction of sp³-hybridized carbons (Fsp3) is 0.160. The number of aliphatic imine (C=N–C) groups is 1. The van der Waals surface area contributed by atoms with Gasteiger partial charge in [0.25, 0.3) is 0 Å². The molecule has 0 unspecified atom stereocenters. The normalized spacial score (nSPS) is 10.7. The van der Waals surface area contributed by atoms with Gasteiger partial charge in [-0.3, -0.25) is 0 Å². The van der Waals surface area contributed by atoms with E-state index in [-0.39, 0.29) is 0 Å². The third-order valence-corrected chi connectivity index (χ3v) is 4.34. The Balaban J connectivity index is 1.97. The van der Waals surface area contributed by atoms with Crippen molar-refractivity contribution in [3.05, 3.63) is 96.1 Å². The molecule has 3 heteroatoms. The number of guanidine groups is 1. The van der Waals surface area contributed by atoms with E-state index in [2.05, 4.69) is 35.9 Å². The van der Waals surface area contributed by atoms with Gasteiger partial charge in [-0.05, 0) is 50.2 Å². The monoisotopic (exact) mass is 367 g/mol. The van der Waals surface area contributed by atoms with Crippen LogP contribution in [0.3, 0.4) is 0 Å². The van der Waals surface area contributed by atoms with E-state index in [4.69, 9.17) is 4.99 Å². The molecule has 0 saturated carbocycles. The van der Waals surface area contributed by atoms with Crippen LogP contribution in [0.1, 0.15) is 25.0 Å². The fourth-order valence-electron chi connectivity index (χ4n) is 2.80. The first-order valence-corrected chi connectivity index (χ1v) is 9.62. The quantitative estimate of drug-likeness (QED) is 0.373. The third-order valence-electron chi connectivity index (χ3n) is 4.34. The van der Waals surface area contributed by atoms with E-state index < -0.39 is 0 Å². The molecule has 3 aromatic rings. The molecule has 3 rings (SSSR count). The number of anilines is 1. The molecule has 0 aliphatic rings. The summed E-state index contributed by atoms with van der Waals surface area (Å²) >= 11 is 0. The molecule has 1 N–H and O–H groups in total. The Morgan fingerprint density at radius 1 is 0.786 bits per heavy atom. The van der Waals surface area contributed by atoms with Crippen LogP contribution in [-0.2, 0) is 0 Å². The van der Waals surface area contributed by atoms with Crippen molar-refractivity contribution < 1.29 is 0 Å². The minimum absolute atomic E-state index is 0.824. The molecule has 0 bridgehead atoms. The first-order chi connectivity index (χ1) is 13.8. The van der Waals surface area contributed by atoms with Gasteiger partial charge in [0.2, 0.25) is 5.96 Å². The highest BCUT2D eigenvalue weighted by atomic mass is 15.3. The van der Waals surface area contributed by atoms with Crippen LogP contribution in [0, 0.1) is 11.8 Å². The summed E-state index contributed by atoms with van der Waals surface area (Å²) < 4.78 is 0. The van der Waals surface area contributed by atoms with Crippen molar-refractivity contribution in [2.75, 3.05) is 18.4 Å². The lowest BCUT2D eigenvalue weighted by molar-refractivity contribution is 0.464. The number of hydrogen-bond acceptors (Lipinski definition) is 1. The zero-order chi connectivity index (χ0) is 19.6. The Hall–Kier alpha value is -3.51. The van der Waals surface area contributed by atoms with E-state index in [1.807, 2.05) is 84.9 Å². The Morgan fingerprint density at radius 3 is 2.07 bits per heavy atom. The summed E-state index contributed by atoms with van der Waals surface area (Å²) in [5.41, 5.74) is 3.77. The fourth-order valence-corrected chi connectivity index (χ4v) is 2.80. The van der Waals surface area contributed by atoms with Gasteiger partial charge in [0.1, 0.15) is 0 Å². The lowest BCUT2D eigenvalue weighted by Crippen LogP contribution is -2.36. The number of para-hydroxylation sites is 2. The molecule has 28 heavy (non-hydrogen) atoms. The van der Waals surface area contributed by atoms with E-state index in [0.717, 1.165) is 41.6 Å². The molecule has 140 valence electrons. The Morgan fingerprint density at radius 2 is 1.39 bits per heavy atom. The van der Waals surface area contributed by atoms with Gasteiger partial charge in [-0.15, -0.1) is 0 Å². The average molecular weight is 367 g/mol. The SMILES string of the molecule is CCN(CC)C(=Nc1ccccc1C#Cc1ccccc1)Nc1ccccc1. The third kappa shape index (κ3) is 5.25. The molecular formula is C25H25N3. The predicted molar refractivity (Wildman–Crippen MR) is 119 cm³/mol. The highest BCUT2D eigenvalue weighted by Gasteiger charge is 2.09. The van der Waals surface area contributed by atoms with E-state index in [9.17, 15) is 0 Å². The van der Waals surface area contributed by atoms with Gasteiger partial charge in [0, 0.05) is 24.3 Å². The van der Waals surface area contributed by atoms with Crippen LogP contribution in [0.2, 0.25) is 0 Å². The smallest absolute Gasteiger partial charge is 0.203 e. The maximum atomic E-state index is 4.94. The predicted octanol–water partition coefficient (Wildman–Crippen LogP) is 5.53. The van der Waals surface area contributed by atoms with Crippen molar-refractivity contribution in [3.63, 3.8) is 0 Å². The van der Waals surface area contributed by atoms with E-state index in [1.165, 1.54) is 0 Å². The van der Waals surface area contributed by atoms with Gasteiger partial charge >= 0.3 is 0 Å². The van der Waals surface area contributed by atoms with Crippen LogP contribution in [-0.4, -0.2) is 23.9 Å². The van der Waals surface area contributed by atoms with Crippen LogP contribution in [0.15, 0.2) is 89.9 Å². The highest BCUT2D eigenvalue weighted by Crippen LogP contribution is 2.19. The molecule has 0 amide bonds. The summed E-state index contributed by atoms with van der Waals surface area (Å²) in [5.74, 6) is 7.32. The van der Waals surface area contributed by atoms with Gasteiger partial charge < -0.3 is 10.2 Å². The second-order valence-corrected chi connectivity index (χ2v) is 6.23. The molecule has 0 fully saturated rings. The molecule has 0 saturated heterocycles. The van der Waals surface area contributed by atoms with Crippen LogP contribution in [0.4, 0.5) is 11.4 Å². The largest absolute Gasteiger partial charge is 0.343 e. The second-order valence-electron chi connectivity index (χ2n) is 6.23. The van der Waals surface area contributed by atoms with Crippen LogP contribution < -0.4 is 5.32 Å². The first-order valence-electron chi connectivity index (χ1n) is 9.62. The topological polar surface area (TPSA) is 27.6 Å². The Kier molecular flexibility index (Phi) is 6.87. The molecule has 3 nitrogen and oxygen atoms in total. The summed E-state index contributed by atoms with van der Waals surface area (Å²) in [6, 6.07) is 28.1. The number of nitrogens with zero attached hydrogens (tertiary/aromatic N) is 2. The standard InChI is InChI=1S/C25H25N3/c1-3-28(4-2)25(26-23-16-9-6-10-17-23)27-24-18-12-11-15-22(24)20-19-21-13-7-5-8-14-21/h5-18H,3-4H2,1-2H3,(H,26,27). The van der Waals surface area contributed by atoms with Crippen LogP contribution in [0.25, 0.3) is 0 Å². The first kappa shape index (κ1) is 19.3. The van der Waals surface area contributed by atoms with Gasteiger partial charge in [-0.1, -0.05) is 60.4 Å². The molecule has 0 spiro atoms. The second kappa shape index (κ2) is 9.99. The molecule has 0 atom stereocenters. The zero-order valence-electron chi connectivity index (χ0n) is 16.4. The number of hydrogen-bond donors (Lipinski definition) is 1. The molecule has 0 aliphatic heterocycles. The zero-order valence-corrected chi connectivity index (χ0v) is 16.4. The van der Waals surface area contributed by atoms with Gasteiger partial charge in [-0.25, -0.2) is 4.99 Å². The van der Waals surface area contributed by atoms with Crippen molar-refractivity contribution >= 4 is 17.3 Å². The van der Waals surface area contributed by atoms with Gasteiger partial charge in [-0.2, -0.15) is 0 Å². The van der Waals surface area contributed by atoms with E-state index in [1.54, 1.807) is 0 Å². The molecule has 0 heterocycles. The molecule has 3 aromatic carbocycles. The number of benzene rings is 3. The summed E-state index contributed by atoms with van der Waals surface area (Å²) in [7, 11) is 0. The molecule has 0 aromatic heterocycles. The number of rotatable bonds is 4. The minimum atomic E-state index is 0.824. The maximum absolute atomic E-state index is 4.94. The van der Waals surface area contributed by atoms with Crippen LogP contribution >= 0.6 is 0 Å². The van der Waals surface area contributed by atoms with Crippen molar-refractivity contribution in [3.8, 4) is 11.8 Å². The van der Waals surface area contributed by atoms with Gasteiger partial charge in [0.05, 0.1) is 11.3 Å². The highest BCUT2D eigenvalue weighted by molar-refractivity contribution is 5.95. The maximum Gasteiger partial charge on any atom is 0.203 e. The van der Waals surface area contributed by atoms with E-state index in [0.29, 0.717) is 0 Å². The molecular weight excluding hydrogens is 342 g/mol. The lowest BCUT2D eigenvalue weighted by Gasteiger charge is -2.24. The van der Waals surface area contributed by atoms with Crippen molar-refractivity contribution in [2.24, 2.45) is 4.99 Å². The average Bonchev–Trinajstić information content (AvgIpc) is 2.75. The van der Waals surface area contributed by atoms with Crippen LogP contribution in [0.5, 0.6) is 0 Å². The lowest BCUT2D eigenvalue weighted by atomic mass is 10.1. The van der Waals surface area contributed by atoms with Crippen molar-refractivity contribution in [1.82, 2.24) is 4.90 Å².